The molecule has 3 atom stereocenters. The topological polar surface area (TPSA) is 60.9 Å². The average Bonchev–Trinajstić information content (AvgIpc) is 2.70. The second-order valence-electron chi connectivity index (χ2n) is 8.75. The largest absolute Gasteiger partial charge is 0.508 e. The highest BCUT2D eigenvalue weighted by Crippen LogP contribution is 2.48. The molecule has 1 fully saturated rings. The summed E-state index contributed by atoms with van der Waals surface area (Å²) < 4.78 is 67.7. The van der Waals surface area contributed by atoms with Crippen molar-refractivity contribution in [2.24, 2.45) is 0 Å². The summed E-state index contributed by atoms with van der Waals surface area (Å²) in [6.07, 6.45) is -3.38. The minimum atomic E-state index is -4.63. The van der Waals surface area contributed by atoms with Crippen LogP contribution < -0.4 is 0 Å². The molecule has 0 unspecified atom stereocenters. The van der Waals surface area contributed by atoms with Gasteiger partial charge in [-0.25, -0.2) is 8.42 Å². The van der Waals surface area contributed by atoms with Gasteiger partial charge in [-0.3, -0.25) is 0 Å². The fraction of sp³-hybridized carbons (Fsp3) is 0.455. The Morgan fingerprint density at radius 3 is 2.58 bits per heavy atom. The van der Waals surface area contributed by atoms with E-state index < -0.39 is 33.2 Å². The maximum Gasteiger partial charge on any atom is 0.416 e. The number of hydrogen-bond acceptors (Lipinski definition) is 4. The molecule has 168 valence electrons. The Kier molecular flexibility index (Phi) is 5.14. The van der Waals surface area contributed by atoms with Crippen molar-refractivity contribution in [3.05, 3.63) is 59.2 Å². The number of rotatable bonds is 3. The molecule has 1 N–H and O–H groups in total. The van der Waals surface area contributed by atoms with E-state index in [0.29, 0.717) is 18.9 Å². The van der Waals surface area contributed by atoms with Crippen LogP contribution in [0, 0.1) is 0 Å². The number of likely N-dealkylation sites (N-methyl/N-ethyl adjacent to an activating group) is 2. The number of benzene rings is 2. The predicted octanol–water partition coefficient (Wildman–Crippen LogP) is 3.62. The lowest BCUT2D eigenvalue weighted by Gasteiger charge is -2.56. The number of phenols is 1. The maximum atomic E-state index is 13.5. The predicted molar refractivity (Wildman–Crippen MR) is 110 cm³/mol. The van der Waals surface area contributed by atoms with Crippen LogP contribution in [0.25, 0.3) is 0 Å². The number of fused-ring (bicyclic) bond motifs is 4. The van der Waals surface area contributed by atoms with Gasteiger partial charge in [-0.1, -0.05) is 19.1 Å². The minimum absolute atomic E-state index is 0.111. The van der Waals surface area contributed by atoms with Crippen LogP contribution >= 0.6 is 0 Å². The van der Waals surface area contributed by atoms with E-state index in [1.165, 1.54) is 17.4 Å². The van der Waals surface area contributed by atoms with Gasteiger partial charge in [0, 0.05) is 18.5 Å². The van der Waals surface area contributed by atoms with E-state index in [4.69, 9.17) is 0 Å². The van der Waals surface area contributed by atoms with Crippen molar-refractivity contribution in [3.63, 3.8) is 0 Å². The Labute approximate surface area is 180 Å². The van der Waals surface area contributed by atoms with E-state index in [9.17, 15) is 26.7 Å². The highest BCUT2D eigenvalue weighted by atomic mass is 32.2. The number of piperidine rings is 1. The van der Waals surface area contributed by atoms with Crippen LogP contribution in [-0.2, 0) is 28.0 Å². The van der Waals surface area contributed by atoms with Crippen molar-refractivity contribution in [1.29, 1.82) is 0 Å². The number of aromatic hydroxyl groups is 1. The van der Waals surface area contributed by atoms with Gasteiger partial charge in [-0.2, -0.15) is 17.5 Å². The molecule has 1 saturated heterocycles. The number of likely N-dealkylation sites (tertiary alicyclic amines) is 1. The highest BCUT2D eigenvalue weighted by molar-refractivity contribution is 7.89. The van der Waals surface area contributed by atoms with Gasteiger partial charge < -0.3 is 10.0 Å². The molecule has 2 aliphatic rings. The van der Waals surface area contributed by atoms with Crippen LogP contribution in [0.2, 0.25) is 0 Å². The van der Waals surface area contributed by atoms with Crippen molar-refractivity contribution >= 4 is 10.0 Å². The number of hydrogen-bond donors (Lipinski definition) is 1. The monoisotopic (exact) mass is 454 g/mol. The van der Waals surface area contributed by atoms with Gasteiger partial charge in [-0.05, 0) is 67.9 Å². The van der Waals surface area contributed by atoms with E-state index in [1.54, 1.807) is 12.1 Å². The summed E-state index contributed by atoms with van der Waals surface area (Å²) in [5, 5.41) is 10.1. The maximum absolute atomic E-state index is 13.5. The van der Waals surface area contributed by atoms with Crippen LogP contribution in [0.3, 0.4) is 0 Å². The van der Waals surface area contributed by atoms with Crippen molar-refractivity contribution < 1.29 is 26.7 Å². The number of halogens is 3. The first-order valence-corrected chi connectivity index (χ1v) is 11.5. The second-order valence-corrected chi connectivity index (χ2v) is 10.8. The summed E-state index contributed by atoms with van der Waals surface area (Å²) >= 11 is 0. The molecule has 4 rings (SSSR count). The molecule has 1 heterocycles. The molecule has 0 aromatic heterocycles. The molecule has 0 amide bonds. The molecule has 9 heteroatoms. The molecule has 0 saturated carbocycles. The third-order valence-corrected chi connectivity index (χ3v) is 8.77. The third-order valence-electron chi connectivity index (χ3n) is 6.94. The Balaban J connectivity index is 1.81. The van der Waals surface area contributed by atoms with Crippen LogP contribution in [-0.4, -0.2) is 55.5 Å². The third kappa shape index (κ3) is 3.52. The zero-order chi connectivity index (χ0) is 22.8. The standard InChI is InChI=1S/C22H25F3N2O3S/c1-21-9-10-26(2)19(11-14-7-8-16(28)13-18(14)21)20(21)27(3)31(29,30)17-6-4-5-15(12-17)22(23,24)25/h4-8,12-13,19-20,28H,9-11H2,1-3H3/t19-,20-,21-/m1/s1. The van der Waals surface area contributed by atoms with Gasteiger partial charge in [-0.15, -0.1) is 0 Å². The van der Waals surface area contributed by atoms with Crippen LogP contribution in [0.5, 0.6) is 5.75 Å². The van der Waals surface area contributed by atoms with Gasteiger partial charge in [0.05, 0.1) is 16.5 Å². The van der Waals surface area contributed by atoms with E-state index in [0.717, 1.165) is 29.8 Å². The first kappa shape index (κ1) is 22.1. The zero-order valence-corrected chi connectivity index (χ0v) is 18.3. The fourth-order valence-corrected chi connectivity index (χ4v) is 6.77. The normalized spacial score (nSPS) is 26.7. The summed E-state index contributed by atoms with van der Waals surface area (Å²) in [5.74, 6) is 0.111. The number of sulfonamides is 1. The summed E-state index contributed by atoms with van der Waals surface area (Å²) in [7, 11) is -0.813. The van der Waals surface area contributed by atoms with Crippen molar-refractivity contribution in [3.8, 4) is 5.75 Å². The molecule has 2 bridgehead atoms. The summed E-state index contributed by atoms with van der Waals surface area (Å²) in [6.45, 7) is 2.73. The lowest BCUT2D eigenvalue weighted by Crippen LogP contribution is -2.67. The molecular formula is C22H25F3N2O3S. The fourth-order valence-electron chi connectivity index (χ4n) is 5.24. The highest BCUT2D eigenvalue weighted by Gasteiger charge is 2.54. The minimum Gasteiger partial charge on any atom is -0.508 e. The average molecular weight is 455 g/mol. The lowest BCUT2D eigenvalue weighted by atomic mass is 9.61. The Morgan fingerprint density at radius 2 is 1.90 bits per heavy atom. The smallest absolute Gasteiger partial charge is 0.416 e. The molecule has 2 aromatic carbocycles. The van der Waals surface area contributed by atoms with Gasteiger partial charge in [0.25, 0.3) is 0 Å². The zero-order valence-electron chi connectivity index (χ0n) is 17.5. The quantitative estimate of drug-likeness (QED) is 0.770. The molecule has 1 aliphatic heterocycles. The first-order chi connectivity index (χ1) is 14.4. The Hall–Kier alpha value is -2.10. The van der Waals surface area contributed by atoms with Gasteiger partial charge in [0.2, 0.25) is 10.0 Å². The van der Waals surface area contributed by atoms with Crippen molar-refractivity contribution in [1.82, 2.24) is 9.21 Å². The van der Waals surface area contributed by atoms with E-state index >= 15 is 0 Å². The summed E-state index contributed by atoms with van der Waals surface area (Å²) in [5.41, 5.74) is 0.364. The number of nitrogens with zero attached hydrogens (tertiary/aromatic N) is 2. The molecule has 0 spiro atoms. The van der Waals surface area contributed by atoms with E-state index in [1.807, 2.05) is 20.0 Å². The van der Waals surface area contributed by atoms with E-state index in [2.05, 4.69) is 4.90 Å². The van der Waals surface area contributed by atoms with Crippen LogP contribution in [0.4, 0.5) is 13.2 Å². The molecule has 31 heavy (non-hydrogen) atoms. The van der Waals surface area contributed by atoms with E-state index in [-0.39, 0.29) is 16.7 Å². The van der Waals surface area contributed by atoms with Crippen LogP contribution in [0.1, 0.15) is 30.0 Å². The van der Waals surface area contributed by atoms with Crippen LogP contribution in [0.15, 0.2) is 47.4 Å². The molecule has 2 aromatic rings. The van der Waals surface area contributed by atoms with Gasteiger partial charge >= 0.3 is 6.18 Å². The SMILES string of the molecule is CN1CC[C@]2(C)c3cc(O)ccc3C[C@@H]1[C@H]2N(C)S(=O)(=O)c1cccc(C(F)(F)F)c1. The van der Waals surface area contributed by atoms with Gasteiger partial charge in [0.1, 0.15) is 5.75 Å². The van der Waals surface area contributed by atoms with Gasteiger partial charge in [0.15, 0.2) is 0 Å². The first-order valence-electron chi connectivity index (χ1n) is 10.0. The van der Waals surface area contributed by atoms with Crippen molar-refractivity contribution in [2.75, 3.05) is 20.6 Å². The molecule has 0 radical (unpaired) electrons. The summed E-state index contributed by atoms with van der Waals surface area (Å²) in [6, 6.07) is 8.42. The van der Waals surface area contributed by atoms with Crippen molar-refractivity contribution in [2.45, 2.75) is 48.3 Å². The number of alkyl halides is 3. The molecule has 1 aliphatic carbocycles. The second kappa shape index (κ2) is 7.21. The molecule has 5 nitrogen and oxygen atoms in total. The lowest BCUT2D eigenvalue weighted by molar-refractivity contribution is -0.137. The Bertz CT molecular complexity index is 1120. The molecular weight excluding hydrogens is 429 g/mol. The Morgan fingerprint density at radius 1 is 1.19 bits per heavy atom. The summed E-state index contributed by atoms with van der Waals surface area (Å²) in [4.78, 5) is 1.73. The number of phenolic OH excluding ortho intramolecular Hbond substituents is 1.